The number of aryl methyl sites for hydroxylation is 2. The Hall–Kier alpha value is -3.03. The summed E-state index contributed by atoms with van der Waals surface area (Å²) in [6.07, 6.45) is 10.4. The van der Waals surface area contributed by atoms with Crippen molar-refractivity contribution in [1.82, 2.24) is 49.5 Å². The van der Waals surface area contributed by atoms with Gasteiger partial charge in [0.05, 0.1) is 11.4 Å². The molecule has 0 unspecified atom stereocenters. The SMILES string of the molecule is CN1CCN(Cc2ccc(C(=O)Cl)cc2)CC1.Cc1ccc(N)cc1Nc1nccc(-c2cccnc2)n1.Cc1ccc(NC(=O)c2ccc(CN3CCN(C)CC3)cc2)cc1Nc1nccc(-c2cccnc2)n1.Cl.Cl.I.II.I[I-]I. The van der Waals surface area contributed by atoms with Gasteiger partial charge in [-0.05, 0) is 147 Å². The van der Waals surface area contributed by atoms with E-state index >= 15 is 0 Å². The van der Waals surface area contributed by atoms with Gasteiger partial charge in [-0.2, -0.15) is 0 Å². The Kier molecular flexibility index (Phi) is 36.2. The number of rotatable bonds is 13. The summed E-state index contributed by atoms with van der Waals surface area (Å²) in [5, 5.41) is 9.10. The van der Waals surface area contributed by atoms with Crippen molar-refractivity contribution < 1.29 is 22.8 Å². The van der Waals surface area contributed by atoms with Crippen molar-refractivity contribution in [3.8, 4) is 22.5 Å². The molecule has 1 amide bonds. The normalized spacial score (nSPS) is 13.1. The molecule has 2 fully saturated rings. The quantitative estimate of drug-likeness (QED) is 0.0485. The van der Waals surface area contributed by atoms with Crippen LogP contribution in [0.1, 0.15) is 43.0 Å². The molecule has 4 aromatic carbocycles. The Labute approximate surface area is 575 Å². The van der Waals surface area contributed by atoms with E-state index in [1.54, 1.807) is 49.3 Å². The topological polar surface area (TPSA) is 187 Å². The van der Waals surface area contributed by atoms with Crippen molar-refractivity contribution >= 4 is 181 Å². The first-order chi connectivity index (χ1) is 38.8. The van der Waals surface area contributed by atoms with Crippen LogP contribution in [0.3, 0.4) is 0 Å². The molecule has 0 spiro atoms. The molecule has 4 aromatic heterocycles. The Morgan fingerprint density at radius 3 is 1.43 bits per heavy atom. The fourth-order valence-electron chi connectivity index (χ4n) is 8.27. The summed E-state index contributed by atoms with van der Waals surface area (Å²) in [6.45, 7) is 14.6. The van der Waals surface area contributed by atoms with Gasteiger partial charge in [-0.3, -0.25) is 29.4 Å². The molecule has 0 atom stereocenters. The van der Waals surface area contributed by atoms with Gasteiger partial charge in [-0.15, -0.1) is 48.8 Å². The molecule has 2 aliphatic rings. The molecular weight excluding hydrogens is 1790 g/mol. The number of anilines is 6. The molecule has 16 nitrogen and oxygen atoms in total. The molecule has 2 aliphatic heterocycles. The monoisotopic (exact) mass is 1860 g/mol. The van der Waals surface area contributed by atoms with Crippen LogP contribution in [0.5, 0.6) is 0 Å². The number of nitrogens with one attached hydrogen (secondary N) is 3. The second-order valence-electron chi connectivity index (χ2n) is 18.7. The van der Waals surface area contributed by atoms with E-state index in [4.69, 9.17) is 17.3 Å². The number of hydrogen-bond donors (Lipinski definition) is 4. The molecule has 25 heteroatoms. The number of aromatic nitrogens is 6. The van der Waals surface area contributed by atoms with Crippen LogP contribution < -0.4 is 34.9 Å². The third kappa shape index (κ3) is 25.7. The molecule has 0 radical (unpaired) electrons. The molecule has 2 saturated heterocycles. The fraction of sp³-hybridized carbons (Fsp3) is 0.241. The summed E-state index contributed by atoms with van der Waals surface area (Å²) in [7, 11) is 4.31. The van der Waals surface area contributed by atoms with Gasteiger partial charge in [0, 0.05) is 185 Å². The number of likely N-dealkylation sites (N-methyl/N-ethyl adjacent to an activating group) is 2. The number of benzene rings is 4. The van der Waals surface area contributed by atoms with Gasteiger partial charge in [0.25, 0.3) is 11.1 Å². The number of pyridine rings is 2. The van der Waals surface area contributed by atoms with Crippen LogP contribution in [0.4, 0.5) is 34.6 Å². The van der Waals surface area contributed by atoms with Crippen molar-refractivity contribution in [3.63, 3.8) is 0 Å². The molecule has 6 heterocycles. The molecule has 8 aromatic rings. The van der Waals surface area contributed by atoms with Crippen LogP contribution in [-0.2, 0) is 13.1 Å². The van der Waals surface area contributed by atoms with Crippen LogP contribution in [-0.4, -0.2) is 127 Å². The zero-order chi connectivity index (χ0) is 57.2. The number of nitrogens with two attached hydrogens (primary N) is 1. The minimum absolute atomic E-state index is 0. The first-order valence-corrected chi connectivity index (χ1v) is 44.6. The summed E-state index contributed by atoms with van der Waals surface area (Å²) >= 11 is 14.9. The predicted octanol–water partition coefficient (Wildman–Crippen LogP) is 11.6. The molecule has 0 aliphatic carbocycles. The number of nitrogen functional groups attached to an aromatic ring is 1. The average Bonchev–Trinajstić information content (AvgIpc) is 3.51. The molecule has 0 bridgehead atoms. The maximum atomic E-state index is 12.9. The van der Waals surface area contributed by atoms with E-state index in [0.29, 0.717) is 47.7 Å². The number of hydrogen-bond acceptors (Lipinski definition) is 15. The fourth-order valence-corrected chi connectivity index (χ4v) is 8.40. The second-order valence-corrected chi connectivity index (χ2v) is 35.3. The third-order valence-corrected chi connectivity index (χ3v) is 13.1. The maximum absolute atomic E-state index is 12.9. The van der Waals surface area contributed by atoms with Gasteiger partial charge in [0.1, 0.15) is 0 Å². The van der Waals surface area contributed by atoms with E-state index < -0.39 is 5.24 Å². The Morgan fingerprint density at radius 2 is 1.01 bits per heavy atom. The number of carbonyl (C=O) groups excluding carboxylic acids is 2. The van der Waals surface area contributed by atoms with Gasteiger partial charge < -0.3 is 31.5 Å². The summed E-state index contributed by atoms with van der Waals surface area (Å²) < 4.78 is 0. The summed E-state index contributed by atoms with van der Waals surface area (Å²) in [6, 6.07) is 38.3. The van der Waals surface area contributed by atoms with Crippen molar-refractivity contribution in [3.05, 3.63) is 192 Å². The zero-order valence-corrected chi connectivity index (χ0v) is 61.4. The first-order valence-electron chi connectivity index (χ1n) is 25.3. The van der Waals surface area contributed by atoms with E-state index in [0.717, 1.165) is 110 Å². The second kappa shape index (κ2) is 40.4. The molecule has 444 valence electrons. The third-order valence-electron chi connectivity index (χ3n) is 12.9. The molecule has 83 heavy (non-hydrogen) atoms. The number of halogens is 9. The minimum atomic E-state index is -0.392. The van der Waals surface area contributed by atoms with Crippen molar-refractivity contribution in [2.75, 3.05) is 88.1 Å². The summed E-state index contributed by atoms with van der Waals surface area (Å²) in [4.78, 5) is 59.4. The van der Waals surface area contributed by atoms with Gasteiger partial charge in [-0.25, -0.2) is 19.9 Å². The van der Waals surface area contributed by atoms with Gasteiger partial charge in [-0.1, -0.05) is 36.4 Å². The molecule has 10 rings (SSSR count). The standard InChI is InChI=1S/C29H31N7O.C16H15N5.C13H17ClN2O.2ClH.I3.I2.HI/c1-21-5-10-25(18-27(21)34-29-31-13-11-26(33-29)24-4-3-12-30-19-24)32-28(37)23-8-6-22(7-9-23)20-36-16-14-35(2)15-17-36;1-11-4-5-13(17)9-15(11)21-16-19-8-6-14(20-16)12-3-2-7-18-10-12;1-15-6-8-16(9-7-15)10-11-2-4-12(5-3-11)13(14)17;;;1-3-2;1-2;/h3-13,18-19H,14-17,20H2,1-2H3,(H,32,37)(H,31,33,34);2-10H,17H2,1H3,(H,19,20,21);2-5H,6-10H2,1H3;2*1H;;;1H/q;;;;;-1;;. The van der Waals surface area contributed by atoms with Crippen molar-refractivity contribution in [2.45, 2.75) is 26.9 Å². The van der Waals surface area contributed by atoms with Gasteiger partial charge in [0.2, 0.25) is 11.9 Å². The van der Waals surface area contributed by atoms with Crippen molar-refractivity contribution in [1.29, 1.82) is 0 Å². The van der Waals surface area contributed by atoms with Gasteiger partial charge >= 0.3 is 50.5 Å². The average molecular weight is 1860 g/mol. The molecule has 5 N–H and O–H groups in total. The van der Waals surface area contributed by atoms with Crippen LogP contribution in [0, 0.1) is 13.8 Å². The Balaban J connectivity index is 0.000000334. The van der Waals surface area contributed by atoms with E-state index in [1.165, 1.54) is 11.1 Å². The van der Waals surface area contributed by atoms with Crippen molar-refractivity contribution in [2.24, 2.45) is 0 Å². The first kappa shape index (κ1) is 74.2. The van der Waals surface area contributed by atoms with Crippen LogP contribution >= 0.6 is 135 Å². The number of carbonyl (C=O) groups is 2. The van der Waals surface area contributed by atoms with Crippen LogP contribution in [0.15, 0.2) is 159 Å². The predicted molar refractivity (Wildman–Crippen MR) is 386 cm³/mol. The Morgan fingerprint density at radius 1 is 0.590 bits per heavy atom. The zero-order valence-electron chi connectivity index (χ0n) is 45.9. The van der Waals surface area contributed by atoms with Gasteiger partial charge in [0.15, 0.2) is 0 Å². The number of nitrogens with zero attached hydrogens (tertiary/aromatic N) is 10. The van der Waals surface area contributed by atoms with E-state index in [1.807, 2.05) is 123 Å². The number of piperazine rings is 2. The van der Waals surface area contributed by atoms with E-state index in [9.17, 15) is 9.59 Å². The molecule has 0 saturated carbocycles. The summed E-state index contributed by atoms with van der Waals surface area (Å²) in [5.74, 6) is 0.865. The number of amides is 1. The van der Waals surface area contributed by atoms with E-state index in [-0.39, 0.29) is 54.7 Å². The van der Waals surface area contributed by atoms with E-state index in [2.05, 4.69) is 154 Å². The Bertz CT molecular complexity index is 3170. The van der Waals surface area contributed by atoms with Crippen LogP contribution in [0.25, 0.3) is 22.5 Å². The molecular formula is C58H66Cl3I6N14O2-. The van der Waals surface area contributed by atoms with Crippen LogP contribution in [0.2, 0.25) is 0 Å². The summed E-state index contributed by atoms with van der Waals surface area (Å²) in [5.41, 5.74) is 18.1.